The molecule has 0 saturated carbocycles. The second-order valence-corrected chi connectivity index (χ2v) is 5.02. The molecule has 0 amide bonds. The number of ether oxygens (including phenoxy) is 1. The molecule has 2 aromatic carbocycles. The van der Waals surface area contributed by atoms with Crippen LogP contribution in [0.1, 0.15) is 0 Å². The van der Waals surface area contributed by atoms with Crippen LogP contribution in [0.5, 0.6) is 11.5 Å². The third-order valence-corrected chi connectivity index (χ3v) is 2.99. The number of hydrogen-bond acceptors (Lipinski definition) is 3. The van der Waals surface area contributed by atoms with Crippen LogP contribution in [0, 0.1) is 21.7 Å². The molecule has 0 atom stereocenters. The lowest BCUT2D eigenvalue weighted by Gasteiger charge is -2.08. The fraction of sp³-hybridized carbons (Fsp3) is 0. The van der Waals surface area contributed by atoms with Crippen LogP contribution in [0.3, 0.4) is 0 Å². The minimum Gasteiger partial charge on any atom is -0.447 e. The van der Waals surface area contributed by atoms with E-state index in [-0.39, 0.29) is 15.2 Å². The minimum absolute atomic E-state index is 0.130. The van der Waals surface area contributed by atoms with E-state index in [1.165, 1.54) is 12.1 Å². The molecule has 0 N–H and O–H groups in total. The first-order valence-corrected chi connectivity index (χ1v) is 6.32. The van der Waals surface area contributed by atoms with E-state index in [4.69, 9.17) is 16.3 Å². The van der Waals surface area contributed by atoms with Gasteiger partial charge in [-0.25, -0.2) is 4.39 Å². The molecule has 0 aliphatic rings. The van der Waals surface area contributed by atoms with Crippen LogP contribution in [-0.4, -0.2) is 4.92 Å². The van der Waals surface area contributed by atoms with E-state index in [2.05, 4.69) is 15.9 Å². The fourth-order valence-corrected chi connectivity index (χ4v) is 2.02. The van der Waals surface area contributed by atoms with Gasteiger partial charge in [0, 0.05) is 15.6 Å². The SMILES string of the molecule is O=[N+]([O-])c1cc(Cl)ccc1Oc1cc(Br)cc(F)c1F. The highest BCUT2D eigenvalue weighted by Crippen LogP contribution is 2.36. The van der Waals surface area contributed by atoms with E-state index in [0.29, 0.717) is 0 Å². The zero-order valence-electron chi connectivity index (χ0n) is 9.57. The predicted octanol–water partition coefficient (Wildman–Crippen LogP) is 5.08. The fourth-order valence-electron chi connectivity index (χ4n) is 1.44. The van der Waals surface area contributed by atoms with Gasteiger partial charge < -0.3 is 4.74 Å². The minimum atomic E-state index is -1.24. The van der Waals surface area contributed by atoms with Crippen molar-refractivity contribution < 1.29 is 18.4 Å². The van der Waals surface area contributed by atoms with Crippen molar-refractivity contribution in [2.75, 3.05) is 0 Å². The van der Waals surface area contributed by atoms with Crippen molar-refractivity contribution in [2.45, 2.75) is 0 Å². The molecule has 0 aliphatic carbocycles. The Bertz CT molecular complexity index is 697. The van der Waals surface area contributed by atoms with Gasteiger partial charge in [-0.2, -0.15) is 4.39 Å². The number of nitro groups is 1. The Hall–Kier alpha value is -1.73. The van der Waals surface area contributed by atoms with Gasteiger partial charge in [0.1, 0.15) is 0 Å². The van der Waals surface area contributed by atoms with E-state index in [1.54, 1.807) is 0 Å². The molecule has 0 saturated heterocycles. The van der Waals surface area contributed by atoms with Crippen LogP contribution in [0.15, 0.2) is 34.8 Å². The smallest absolute Gasteiger partial charge is 0.313 e. The molecular formula is C12H5BrClF2NO3. The second-order valence-electron chi connectivity index (χ2n) is 3.67. The first-order chi connectivity index (χ1) is 9.38. The Balaban J connectivity index is 2.48. The standard InChI is InChI=1S/C12H5BrClF2NO3/c13-6-3-8(15)12(16)11(4-6)20-10-2-1-7(14)5-9(10)17(18)19/h1-5H. The number of hydrogen-bond donors (Lipinski definition) is 0. The highest BCUT2D eigenvalue weighted by molar-refractivity contribution is 9.10. The molecule has 0 fully saturated rings. The van der Waals surface area contributed by atoms with Crippen LogP contribution in [0.4, 0.5) is 14.5 Å². The maximum Gasteiger partial charge on any atom is 0.313 e. The number of nitrogens with zero attached hydrogens (tertiary/aromatic N) is 1. The Morgan fingerprint density at radius 3 is 2.55 bits per heavy atom. The summed E-state index contributed by atoms with van der Waals surface area (Å²) in [6.45, 7) is 0. The van der Waals surface area contributed by atoms with Gasteiger partial charge in [0.25, 0.3) is 0 Å². The van der Waals surface area contributed by atoms with Crippen molar-refractivity contribution >= 4 is 33.2 Å². The molecule has 2 aromatic rings. The maximum absolute atomic E-state index is 13.6. The topological polar surface area (TPSA) is 52.4 Å². The summed E-state index contributed by atoms with van der Waals surface area (Å²) in [5, 5.41) is 11.0. The summed E-state index contributed by atoms with van der Waals surface area (Å²) >= 11 is 8.62. The van der Waals surface area contributed by atoms with Crippen molar-refractivity contribution in [1.29, 1.82) is 0 Å². The molecule has 0 heterocycles. The average molecular weight is 365 g/mol. The summed E-state index contributed by atoms with van der Waals surface area (Å²) in [7, 11) is 0. The summed E-state index contributed by atoms with van der Waals surface area (Å²) in [4.78, 5) is 10.1. The lowest BCUT2D eigenvalue weighted by Crippen LogP contribution is -1.96. The van der Waals surface area contributed by atoms with E-state index in [0.717, 1.165) is 18.2 Å². The van der Waals surface area contributed by atoms with Crippen LogP contribution in [-0.2, 0) is 0 Å². The van der Waals surface area contributed by atoms with Crippen molar-refractivity contribution in [3.8, 4) is 11.5 Å². The van der Waals surface area contributed by atoms with Gasteiger partial charge >= 0.3 is 5.69 Å². The number of rotatable bonds is 3. The molecule has 0 aromatic heterocycles. The molecule has 0 bridgehead atoms. The first kappa shape index (κ1) is 14.7. The van der Waals surface area contributed by atoms with Gasteiger partial charge in [-0.1, -0.05) is 27.5 Å². The van der Waals surface area contributed by atoms with Gasteiger partial charge in [-0.3, -0.25) is 10.1 Å². The van der Waals surface area contributed by atoms with Crippen LogP contribution >= 0.6 is 27.5 Å². The molecule has 8 heteroatoms. The van der Waals surface area contributed by atoms with E-state index < -0.39 is 28.0 Å². The Kier molecular flexibility index (Phi) is 4.20. The molecule has 104 valence electrons. The lowest BCUT2D eigenvalue weighted by molar-refractivity contribution is -0.385. The summed E-state index contributed by atoms with van der Waals surface area (Å²) < 4.78 is 32.1. The molecule has 0 aliphatic heterocycles. The summed E-state index contributed by atoms with van der Waals surface area (Å²) in [6.07, 6.45) is 0. The van der Waals surface area contributed by atoms with Crippen LogP contribution < -0.4 is 4.74 Å². The Labute approximate surface area is 125 Å². The number of halogens is 4. The molecule has 2 rings (SSSR count). The van der Waals surface area contributed by atoms with Gasteiger partial charge in [-0.15, -0.1) is 0 Å². The molecule has 0 spiro atoms. The second kappa shape index (κ2) is 5.72. The normalized spacial score (nSPS) is 10.4. The Morgan fingerprint density at radius 1 is 1.20 bits per heavy atom. The first-order valence-electron chi connectivity index (χ1n) is 5.15. The maximum atomic E-state index is 13.6. The summed E-state index contributed by atoms with van der Waals surface area (Å²) in [5.41, 5.74) is -0.447. The number of nitro benzene ring substituents is 1. The molecule has 0 radical (unpaired) electrons. The quantitative estimate of drug-likeness (QED) is 0.433. The van der Waals surface area contributed by atoms with E-state index in [1.807, 2.05) is 0 Å². The third-order valence-electron chi connectivity index (χ3n) is 2.30. The molecule has 4 nitrogen and oxygen atoms in total. The van der Waals surface area contributed by atoms with Gasteiger partial charge in [-0.05, 0) is 24.3 Å². The molecule has 0 unspecified atom stereocenters. The lowest BCUT2D eigenvalue weighted by atomic mass is 10.3. The average Bonchev–Trinajstić information content (AvgIpc) is 2.37. The van der Waals surface area contributed by atoms with E-state index >= 15 is 0 Å². The van der Waals surface area contributed by atoms with Crippen molar-refractivity contribution in [1.82, 2.24) is 0 Å². The summed E-state index contributed by atoms with van der Waals surface area (Å²) in [5.74, 6) is -3.08. The monoisotopic (exact) mass is 363 g/mol. The number of benzene rings is 2. The van der Waals surface area contributed by atoms with Crippen molar-refractivity contribution in [2.24, 2.45) is 0 Å². The highest BCUT2D eigenvalue weighted by Gasteiger charge is 2.19. The molecular weight excluding hydrogens is 359 g/mol. The summed E-state index contributed by atoms with van der Waals surface area (Å²) in [6, 6.07) is 5.69. The third kappa shape index (κ3) is 3.05. The zero-order valence-corrected chi connectivity index (χ0v) is 11.9. The molecule has 20 heavy (non-hydrogen) atoms. The van der Waals surface area contributed by atoms with Crippen LogP contribution in [0.2, 0.25) is 5.02 Å². The van der Waals surface area contributed by atoms with Crippen molar-refractivity contribution in [3.63, 3.8) is 0 Å². The zero-order chi connectivity index (χ0) is 14.9. The van der Waals surface area contributed by atoms with Crippen molar-refractivity contribution in [3.05, 3.63) is 61.6 Å². The largest absolute Gasteiger partial charge is 0.447 e. The Morgan fingerprint density at radius 2 is 1.90 bits per heavy atom. The predicted molar refractivity (Wildman–Crippen MR) is 72.2 cm³/mol. The van der Waals surface area contributed by atoms with Crippen LogP contribution in [0.25, 0.3) is 0 Å². The van der Waals surface area contributed by atoms with Gasteiger partial charge in [0.2, 0.25) is 11.6 Å². The van der Waals surface area contributed by atoms with E-state index in [9.17, 15) is 18.9 Å². The van der Waals surface area contributed by atoms with Gasteiger partial charge in [0.15, 0.2) is 11.6 Å². The highest BCUT2D eigenvalue weighted by atomic mass is 79.9. The van der Waals surface area contributed by atoms with Gasteiger partial charge in [0.05, 0.1) is 4.92 Å².